The van der Waals surface area contributed by atoms with Gasteiger partial charge in [-0.2, -0.15) is 0 Å². The van der Waals surface area contributed by atoms with Crippen molar-refractivity contribution in [2.24, 2.45) is 5.92 Å². The number of hydrogen-bond donors (Lipinski definition) is 0. The van der Waals surface area contributed by atoms with Crippen LogP contribution in [0, 0.1) is 5.92 Å². The molecule has 1 atom stereocenters. The van der Waals surface area contributed by atoms with E-state index in [0.717, 1.165) is 87.6 Å². The second-order valence-corrected chi connectivity index (χ2v) is 9.85. The quantitative estimate of drug-likeness (QED) is 0.443. The van der Waals surface area contributed by atoms with Crippen LogP contribution in [0.4, 0.5) is 0 Å². The van der Waals surface area contributed by atoms with Crippen LogP contribution in [-0.2, 0) is 6.42 Å². The van der Waals surface area contributed by atoms with Gasteiger partial charge in [0.2, 0.25) is 6.79 Å². The molecule has 3 aliphatic heterocycles. The lowest BCUT2D eigenvalue weighted by molar-refractivity contribution is 0.0712. The molecular weight excluding hydrogens is 440 g/mol. The monoisotopic (exact) mass is 472 g/mol. The smallest absolute Gasteiger partial charge is 0.254 e. The van der Waals surface area contributed by atoms with Gasteiger partial charge in [-0.1, -0.05) is 36.4 Å². The van der Waals surface area contributed by atoms with Crippen molar-refractivity contribution in [3.63, 3.8) is 0 Å². The summed E-state index contributed by atoms with van der Waals surface area (Å²) in [7, 11) is 0. The van der Waals surface area contributed by atoms with Gasteiger partial charge in [0.05, 0.1) is 6.61 Å². The van der Waals surface area contributed by atoms with E-state index in [2.05, 4.69) is 47.4 Å². The second kappa shape index (κ2) is 9.78. The van der Waals surface area contributed by atoms with E-state index < -0.39 is 0 Å². The van der Waals surface area contributed by atoms with Crippen LogP contribution in [0.5, 0.6) is 17.2 Å². The number of unbranched alkanes of at least 4 members (excludes halogenated alkanes) is 1. The average Bonchev–Trinajstić information content (AvgIpc) is 3.53. The van der Waals surface area contributed by atoms with Crippen LogP contribution in [0.1, 0.15) is 35.2 Å². The van der Waals surface area contributed by atoms with E-state index in [1.54, 1.807) is 0 Å². The number of fused-ring (bicyclic) bond motifs is 3. The third-order valence-corrected chi connectivity index (χ3v) is 7.49. The van der Waals surface area contributed by atoms with Gasteiger partial charge >= 0.3 is 0 Å². The summed E-state index contributed by atoms with van der Waals surface area (Å²) in [6.45, 7) is 5.89. The Labute approximate surface area is 206 Å². The zero-order valence-electron chi connectivity index (χ0n) is 20.1. The van der Waals surface area contributed by atoms with Crippen molar-refractivity contribution >= 4 is 16.7 Å². The average molecular weight is 473 g/mol. The molecule has 1 fully saturated rings. The summed E-state index contributed by atoms with van der Waals surface area (Å²) < 4.78 is 17.1. The Morgan fingerprint density at radius 1 is 0.971 bits per heavy atom. The number of benzene rings is 3. The summed E-state index contributed by atoms with van der Waals surface area (Å²) >= 11 is 0. The minimum Gasteiger partial charge on any atom is -0.493 e. The Morgan fingerprint density at radius 2 is 1.83 bits per heavy atom. The van der Waals surface area contributed by atoms with E-state index in [0.29, 0.717) is 11.7 Å². The molecule has 0 radical (unpaired) electrons. The molecule has 0 N–H and O–H groups in total. The molecule has 0 aromatic heterocycles. The fourth-order valence-electron chi connectivity index (χ4n) is 5.61. The van der Waals surface area contributed by atoms with Crippen molar-refractivity contribution in [3.8, 4) is 17.2 Å². The Hall–Kier alpha value is -3.25. The lowest BCUT2D eigenvalue weighted by Gasteiger charge is -2.31. The maximum absolute atomic E-state index is 13.1. The number of amides is 1. The number of hydrogen-bond acceptors (Lipinski definition) is 5. The zero-order chi connectivity index (χ0) is 23.6. The third-order valence-electron chi connectivity index (χ3n) is 7.49. The molecule has 1 unspecified atom stereocenters. The highest BCUT2D eigenvalue weighted by atomic mass is 16.7. The van der Waals surface area contributed by atoms with Gasteiger partial charge < -0.3 is 24.0 Å². The molecule has 6 nitrogen and oxygen atoms in total. The van der Waals surface area contributed by atoms with Crippen molar-refractivity contribution < 1.29 is 19.0 Å². The molecule has 0 saturated carbocycles. The molecule has 1 amide bonds. The molecule has 0 spiro atoms. The highest BCUT2D eigenvalue weighted by Gasteiger charge is 2.31. The zero-order valence-corrected chi connectivity index (χ0v) is 20.1. The number of carbonyl (C=O) groups excluding carboxylic acids is 1. The summed E-state index contributed by atoms with van der Waals surface area (Å²) in [5.41, 5.74) is 1.86. The summed E-state index contributed by atoms with van der Waals surface area (Å²) in [4.78, 5) is 17.7. The maximum atomic E-state index is 13.1. The molecule has 6 rings (SSSR count). The lowest BCUT2D eigenvalue weighted by Crippen LogP contribution is -2.41. The molecule has 3 aromatic rings. The SMILES string of the molecule is O=C1c2cc3c(cc2CCN1CC1CCN(CCCCOc2cccc4ccccc24)C1)OCO3. The fraction of sp³-hybridized carbons (Fsp3) is 0.414. The van der Waals surface area contributed by atoms with Crippen LogP contribution in [0.25, 0.3) is 10.8 Å². The van der Waals surface area contributed by atoms with Crippen LogP contribution < -0.4 is 14.2 Å². The van der Waals surface area contributed by atoms with Crippen LogP contribution in [-0.4, -0.2) is 61.8 Å². The number of carbonyl (C=O) groups is 1. The van der Waals surface area contributed by atoms with E-state index >= 15 is 0 Å². The highest BCUT2D eigenvalue weighted by Crippen LogP contribution is 2.37. The van der Waals surface area contributed by atoms with Gasteiger partial charge in [-0.05, 0) is 73.8 Å². The van der Waals surface area contributed by atoms with Crippen molar-refractivity contribution in [3.05, 3.63) is 65.7 Å². The molecule has 3 aromatic carbocycles. The number of nitrogens with zero attached hydrogens (tertiary/aromatic N) is 2. The van der Waals surface area contributed by atoms with Gasteiger partial charge in [0, 0.05) is 30.6 Å². The third kappa shape index (κ3) is 4.67. The number of rotatable bonds is 8. The Morgan fingerprint density at radius 3 is 2.77 bits per heavy atom. The molecule has 182 valence electrons. The van der Waals surface area contributed by atoms with Crippen molar-refractivity contribution in [2.45, 2.75) is 25.7 Å². The first-order valence-electron chi connectivity index (χ1n) is 12.8. The van der Waals surface area contributed by atoms with Crippen molar-refractivity contribution in [1.29, 1.82) is 0 Å². The summed E-state index contributed by atoms with van der Waals surface area (Å²) in [6.07, 6.45) is 4.21. The van der Waals surface area contributed by atoms with E-state index in [9.17, 15) is 4.79 Å². The molecule has 35 heavy (non-hydrogen) atoms. The van der Waals surface area contributed by atoms with Crippen LogP contribution >= 0.6 is 0 Å². The predicted octanol–water partition coefficient (Wildman–Crippen LogP) is 4.75. The van der Waals surface area contributed by atoms with E-state index in [1.165, 1.54) is 10.8 Å². The summed E-state index contributed by atoms with van der Waals surface area (Å²) in [5, 5.41) is 2.40. The van der Waals surface area contributed by atoms with Gasteiger partial charge in [-0.15, -0.1) is 0 Å². The normalized spacial score (nSPS) is 19.4. The highest BCUT2D eigenvalue weighted by molar-refractivity contribution is 5.97. The van der Waals surface area contributed by atoms with Gasteiger partial charge in [-0.25, -0.2) is 0 Å². The predicted molar refractivity (Wildman–Crippen MR) is 135 cm³/mol. The Balaban J connectivity index is 0.947. The minimum atomic E-state index is 0.133. The van der Waals surface area contributed by atoms with E-state index in [4.69, 9.17) is 14.2 Å². The molecule has 3 heterocycles. The molecule has 0 aliphatic carbocycles. The molecule has 3 aliphatic rings. The van der Waals surface area contributed by atoms with Crippen LogP contribution in [0.2, 0.25) is 0 Å². The topological polar surface area (TPSA) is 51.2 Å². The first-order chi connectivity index (χ1) is 17.2. The van der Waals surface area contributed by atoms with Gasteiger partial charge in [0.15, 0.2) is 11.5 Å². The lowest BCUT2D eigenvalue weighted by atomic mass is 9.97. The number of likely N-dealkylation sites (tertiary alicyclic amines) is 1. The summed E-state index contributed by atoms with van der Waals surface area (Å²) in [6, 6.07) is 18.5. The minimum absolute atomic E-state index is 0.133. The molecular formula is C29H32N2O4. The first-order valence-corrected chi connectivity index (χ1v) is 12.8. The molecule has 6 heteroatoms. The van der Waals surface area contributed by atoms with Crippen LogP contribution in [0.3, 0.4) is 0 Å². The number of ether oxygens (including phenoxy) is 3. The van der Waals surface area contributed by atoms with Gasteiger partial charge in [-0.3, -0.25) is 4.79 Å². The standard InChI is InChI=1S/C29H32N2O4/c32-29-25-17-28-27(34-20-35-28)16-23(25)11-14-31(29)19-21-10-13-30(18-21)12-3-4-15-33-26-9-5-7-22-6-1-2-8-24(22)26/h1-2,5-9,16-17,21H,3-4,10-15,18-20H2. The maximum Gasteiger partial charge on any atom is 0.254 e. The second-order valence-electron chi connectivity index (χ2n) is 9.85. The van der Waals surface area contributed by atoms with Gasteiger partial charge in [0.25, 0.3) is 5.91 Å². The Kier molecular flexibility index (Phi) is 6.21. The first kappa shape index (κ1) is 22.2. The molecule has 0 bridgehead atoms. The van der Waals surface area contributed by atoms with Gasteiger partial charge in [0.1, 0.15) is 5.75 Å². The summed E-state index contributed by atoms with van der Waals surface area (Å²) in [5.74, 6) is 3.10. The van der Waals surface area contributed by atoms with E-state index in [-0.39, 0.29) is 12.7 Å². The fourth-order valence-corrected chi connectivity index (χ4v) is 5.61. The Bertz CT molecular complexity index is 1220. The largest absolute Gasteiger partial charge is 0.493 e. The van der Waals surface area contributed by atoms with Crippen molar-refractivity contribution in [1.82, 2.24) is 9.80 Å². The van der Waals surface area contributed by atoms with Crippen LogP contribution in [0.15, 0.2) is 54.6 Å². The van der Waals surface area contributed by atoms with E-state index in [1.807, 2.05) is 17.0 Å². The van der Waals surface area contributed by atoms with Crippen molar-refractivity contribution in [2.75, 3.05) is 46.1 Å². The molecule has 1 saturated heterocycles.